The van der Waals surface area contributed by atoms with E-state index in [2.05, 4.69) is 186 Å². The molecule has 1 aromatic heterocycles. The molecule has 13 nitrogen and oxygen atoms in total. The number of pyridine rings is 1. The van der Waals surface area contributed by atoms with E-state index in [0.717, 1.165) is 22.8 Å². The van der Waals surface area contributed by atoms with Gasteiger partial charge in [0.25, 0.3) is 0 Å². The van der Waals surface area contributed by atoms with Crippen molar-refractivity contribution in [2.45, 2.75) is 64.6 Å². The number of fused-ring (bicyclic) bond motifs is 1. The number of hydrogen-bond acceptors (Lipinski definition) is 9. The number of terminal acetylenes is 2. The number of nitrogens with zero attached hydrogens (tertiary/aromatic N) is 4. The van der Waals surface area contributed by atoms with Gasteiger partial charge in [0.05, 0.1) is 22.3 Å². The number of ketones is 1. The van der Waals surface area contributed by atoms with E-state index in [9.17, 15) is 19.7 Å². The highest BCUT2D eigenvalue weighted by Gasteiger charge is 2.23. The van der Waals surface area contributed by atoms with Crippen LogP contribution < -0.4 is 27.7 Å². The summed E-state index contributed by atoms with van der Waals surface area (Å²) in [6.45, 7) is 5.80. The third-order valence-electron chi connectivity index (χ3n) is 7.42. The molecule has 2 aromatic carbocycles. The third-order valence-corrected chi connectivity index (χ3v) is 7.42. The zero-order valence-corrected chi connectivity index (χ0v) is 36.1. The van der Waals surface area contributed by atoms with Gasteiger partial charge in [0.15, 0.2) is 11.0 Å². The molecule has 1 heterocycles. The Morgan fingerprint density at radius 1 is 0.727 bits per heavy atom. The molecule has 0 spiro atoms. The summed E-state index contributed by atoms with van der Waals surface area (Å²) in [7, 11) is 0. The van der Waals surface area contributed by atoms with Crippen LogP contribution in [0.25, 0.3) is 10.8 Å². The zero-order chi connectivity index (χ0) is 48.5. The SMILES string of the molecule is C#CC#CC#CC#CC#CC#CC#CC#CC#CC#CC#CC#CC#C.CC(C)N[C@H](CCc1ccccc1)C(=O)N[C@@H](C)C(=O)CCc1ccc2c(N)nccc2c1.NN=NN[N+](=O)[O-].[HH].[HH].[HH].[HH].[HH].[HH].[HH].[HH].[HH].[HH].[HH].[HH].[HH].[HH].[HH]. The highest BCUT2D eigenvalue weighted by atomic mass is 16.7. The number of anilines is 1. The van der Waals surface area contributed by atoms with Crippen molar-refractivity contribution in [2.75, 3.05) is 5.73 Å². The Morgan fingerprint density at radius 3 is 1.64 bits per heavy atom. The minimum absolute atomic E-state index is 0. The molecule has 0 aliphatic rings. The van der Waals surface area contributed by atoms with Gasteiger partial charge in [0.2, 0.25) is 5.91 Å². The molecule has 3 rings (SSSR count). The fraction of sp³-hybridized carbons (Fsp3) is 0.189. The van der Waals surface area contributed by atoms with Crippen LogP contribution in [0.2, 0.25) is 0 Å². The van der Waals surface area contributed by atoms with Gasteiger partial charge in [-0.3, -0.25) is 15.4 Å². The summed E-state index contributed by atoms with van der Waals surface area (Å²) in [6, 6.07) is 17.3. The van der Waals surface area contributed by atoms with Gasteiger partial charge in [-0.25, -0.2) is 4.98 Å². The molecule has 7 N–H and O–H groups in total. The van der Waals surface area contributed by atoms with Gasteiger partial charge in [-0.1, -0.05) is 62.4 Å². The van der Waals surface area contributed by atoms with Crippen molar-refractivity contribution >= 4 is 28.3 Å². The second kappa shape index (κ2) is 35.4. The van der Waals surface area contributed by atoms with Gasteiger partial charge in [-0.2, -0.15) is 0 Å². The number of rotatable bonds is 13. The van der Waals surface area contributed by atoms with Crippen LogP contribution >= 0.6 is 0 Å². The highest BCUT2D eigenvalue weighted by molar-refractivity contribution is 5.92. The maximum Gasteiger partial charge on any atom is 0.237 e. The van der Waals surface area contributed by atoms with Crippen molar-refractivity contribution in [3.05, 3.63) is 82.0 Å². The first-order valence-electron chi connectivity index (χ1n) is 19.2. The van der Waals surface area contributed by atoms with Crippen LogP contribution in [0.1, 0.15) is 66.1 Å². The number of benzene rings is 2. The van der Waals surface area contributed by atoms with Gasteiger partial charge in [-0.05, 0) is 143 Å². The van der Waals surface area contributed by atoms with E-state index in [1.807, 2.05) is 56.3 Å². The second-order valence-corrected chi connectivity index (χ2v) is 12.5. The molecule has 0 unspecified atom stereocenters. The molecule has 13 heteroatoms. The first-order chi connectivity index (χ1) is 32.0. The number of Topliss-reactive ketones (excluding diaryl/α,β-unsaturated/α-hetero) is 1. The Kier molecular flexibility index (Phi) is 28.8. The van der Waals surface area contributed by atoms with Crippen LogP contribution in [0.5, 0.6) is 0 Å². The molecule has 0 radical (unpaired) electrons. The van der Waals surface area contributed by atoms with E-state index < -0.39 is 11.1 Å². The molecule has 2 atom stereocenters. The molecular weight excluding hydrogens is 827 g/mol. The molecule has 0 aliphatic heterocycles. The van der Waals surface area contributed by atoms with Crippen molar-refractivity contribution in [1.82, 2.24) is 21.2 Å². The summed E-state index contributed by atoms with van der Waals surface area (Å²) in [5, 5.41) is 21.7. The minimum atomic E-state index is -0.879. The smallest absolute Gasteiger partial charge is 0.237 e. The summed E-state index contributed by atoms with van der Waals surface area (Å²) >= 11 is 0. The van der Waals surface area contributed by atoms with Crippen LogP contribution in [-0.2, 0) is 22.4 Å². The first kappa shape index (κ1) is 53.6. The number of carbonyl (C=O) groups is 2. The van der Waals surface area contributed by atoms with Crippen LogP contribution in [0, 0.1) is 165 Å². The number of nitrogen functional groups attached to an aromatic ring is 1. The Hall–Kier alpha value is -10.4. The summed E-state index contributed by atoms with van der Waals surface area (Å²) in [5.74, 6) is 62.9. The Bertz CT molecular complexity index is 3000. The second-order valence-electron chi connectivity index (χ2n) is 12.5. The molecule has 0 aliphatic carbocycles. The van der Waals surface area contributed by atoms with Crippen molar-refractivity contribution in [2.24, 2.45) is 16.3 Å². The average molecular weight is 896 g/mol. The van der Waals surface area contributed by atoms with Gasteiger partial charge >= 0.3 is 0 Å². The molecule has 0 saturated heterocycles. The molecule has 0 fully saturated rings. The maximum atomic E-state index is 12.9. The lowest BCUT2D eigenvalue weighted by Crippen LogP contribution is -2.51. The highest BCUT2D eigenvalue weighted by Crippen LogP contribution is 2.20. The number of nitrogens with one attached hydrogen (secondary N) is 3. The lowest BCUT2D eigenvalue weighted by atomic mass is 10.0. The average Bonchev–Trinajstić information content (AvgIpc) is 3.31. The van der Waals surface area contributed by atoms with Gasteiger partial charge < -0.3 is 26.5 Å². The van der Waals surface area contributed by atoms with E-state index in [1.165, 1.54) is 11.1 Å². The van der Waals surface area contributed by atoms with Gasteiger partial charge in [0.1, 0.15) is 5.82 Å². The van der Waals surface area contributed by atoms with Gasteiger partial charge in [-0.15, -0.1) is 12.8 Å². The van der Waals surface area contributed by atoms with Crippen molar-refractivity contribution in [3.63, 3.8) is 0 Å². The maximum absolute atomic E-state index is 12.9. The molecule has 0 bridgehead atoms. The predicted molar refractivity (Wildman–Crippen MR) is 288 cm³/mol. The number of aromatic nitrogens is 1. The number of nitro groups is 1. The topological polar surface area (TPSA) is 203 Å². The Morgan fingerprint density at radius 2 is 1.21 bits per heavy atom. The van der Waals surface area contributed by atoms with E-state index >= 15 is 0 Å². The fourth-order valence-corrected chi connectivity index (χ4v) is 4.69. The number of carbonyl (C=O) groups excluding carboxylic acids is 2. The number of aryl methyl sites for hydroxylation is 2. The fourth-order valence-electron chi connectivity index (χ4n) is 4.69. The lowest BCUT2D eigenvalue weighted by molar-refractivity contribution is -0.546. The number of nitrogens with two attached hydrogens (primary N) is 2. The van der Waals surface area contributed by atoms with E-state index in [4.69, 9.17) is 18.6 Å². The summed E-state index contributed by atoms with van der Waals surface area (Å²) < 4.78 is 0. The molecule has 66 heavy (non-hydrogen) atoms. The third kappa shape index (κ3) is 27.4. The first-order valence-corrected chi connectivity index (χ1v) is 19.2. The van der Waals surface area contributed by atoms with Crippen LogP contribution in [0.15, 0.2) is 71.2 Å². The molecule has 1 amide bonds. The normalized spacial score (nSPS) is 9.00. The Balaban J connectivity index is -0.0000000642. The van der Waals surface area contributed by atoms with Crippen LogP contribution in [0.4, 0.5) is 5.82 Å². The molecule has 350 valence electrons. The van der Waals surface area contributed by atoms with Crippen molar-refractivity contribution < 1.29 is 36.0 Å². The zero-order valence-electron chi connectivity index (χ0n) is 36.1. The van der Waals surface area contributed by atoms with Crippen molar-refractivity contribution in [3.8, 4) is 155 Å². The number of hydrazine groups is 1. The molecular formula is C53H69N9O4. The molecule has 0 saturated carbocycles. The molecule has 3 aromatic rings. The summed E-state index contributed by atoms with van der Waals surface area (Å²) in [5.41, 5.74) is 9.51. The van der Waals surface area contributed by atoms with Gasteiger partial charge in [0, 0.05) is 98.3 Å². The van der Waals surface area contributed by atoms with Crippen LogP contribution in [0.3, 0.4) is 0 Å². The largest absolute Gasteiger partial charge is 0.383 e. The predicted octanol–water partition coefficient (Wildman–Crippen LogP) is 6.81. The monoisotopic (exact) mass is 896 g/mol. The number of amides is 1. The van der Waals surface area contributed by atoms with E-state index in [-0.39, 0.29) is 45.2 Å². The van der Waals surface area contributed by atoms with Crippen molar-refractivity contribution in [1.29, 1.82) is 0 Å². The Labute approximate surface area is 408 Å². The summed E-state index contributed by atoms with van der Waals surface area (Å²) in [4.78, 5) is 39.0. The quantitative estimate of drug-likeness (QED) is 0.0402. The minimum Gasteiger partial charge on any atom is -0.383 e. The van der Waals surface area contributed by atoms with Crippen LogP contribution in [-0.4, -0.2) is 39.8 Å². The number of hydrogen-bond donors (Lipinski definition) is 5. The van der Waals surface area contributed by atoms with E-state index in [0.29, 0.717) is 25.1 Å². The summed E-state index contributed by atoms with van der Waals surface area (Å²) in [6.07, 6.45) is 13.9. The standard InChI is InChI=1S/C27H34N4O2.C26H2.H3N5O2.15H2/c1-18(2)30-24(13-10-20-7-5-4-6-8-20)27(33)31-19(3)25(32)14-11-21-9-12-23-22(17-21)15-16-29-26(23)28;1-3-5-7-9-11-13-15-17-19-21-23-25-26-24-22-20-18-16-14-12-10-8-6-4-2;1-2-3-4-5(6)7;;;;;;;;;;;;;;;/h4-9,12,15-19,24,30H,10-11,13-14H2,1-3H3,(H2,28,29)(H,31,33);1-2H;(H2,1,3)(H,2,4);15*1H/t19-,24+;;;;;;;;;;;;;;;;;/m0................./s1. The van der Waals surface area contributed by atoms with E-state index in [1.54, 1.807) is 13.1 Å². The lowest BCUT2D eigenvalue weighted by Gasteiger charge is -2.23.